The van der Waals surface area contributed by atoms with E-state index in [-0.39, 0.29) is 11.6 Å². The van der Waals surface area contributed by atoms with Crippen LogP contribution in [0.2, 0.25) is 0 Å². The molecule has 0 unspecified atom stereocenters. The maximum atomic E-state index is 12.6. The Kier molecular flexibility index (Phi) is 4.98. The Labute approximate surface area is 153 Å². The molecule has 0 aliphatic carbocycles. The van der Waals surface area contributed by atoms with Gasteiger partial charge in [0.25, 0.3) is 11.6 Å². The predicted molar refractivity (Wildman–Crippen MR) is 102 cm³/mol. The number of para-hydroxylation sites is 2. The average molecular weight is 437 g/mol. The molecule has 0 saturated carbocycles. The van der Waals surface area contributed by atoms with E-state index in [1.165, 1.54) is 12.1 Å². The van der Waals surface area contributed by atoms with Gasteiger partial charge in [0.2, 0.25) is 0 Å². The summed E-state index contributed by atoms with van der Waals surface area (Å²) in [6.07, 6.45) is 2.29. The minimum absolute atomic E-state index is 0.0894. The van der Waals surface area contributed by atoms with Crippen LogP contribution in [0.25, 0.3) is 0 Å². The molecule has 1 N–H and O–H groups in total. The highest BCUT2D eigenvalue weighted by Gasteiger charge is 2.19. The molecule has 1 aliphatic heterocycles. The Morgan fingerprint density at radius 1 is 1.17 bits per heavy atom. The number of benzene rings is 2. The molecule has 0 aromatic heterocycles. The zero-order chi connectivity index (χ0) is 17.1. The van der Waals surface area contributed by atoms with Crippen molar-refractivity contribution in [1.82, 2.24) is 0 Å². The van der Waals surface area contributed by atoms with Crippen molar-refractivity contribution in [3.8, 4) is 0 Å². The van der Waals surface area contributed by atoms with Gasteiger partial charge in [-0.25, -0.2) is 0 Å². The lowest BCUT2D eigenvalue weighted by molar-refractivity contribution is -0.384. The molecule has 0 spiro atoms. The summed E-state index contributed by atoms with van der Waals surface area (Å²) >= 11 is 2.01. The Morgan fingerprint density at radius 2 is 1.88 bits per heavy atom. The Bertz CT molecular complexity index is 788. The van der Waals surface area contributed by atoms with Gasteiger partial charge in [0.15, 0.2) is 0 Å². The number of carbonyl (C=O) groups excluding carboxylic acids is 1. The van der Waals surface area contributed by atoms with Crippen molar-refractivity contribution in [3.05, 3.63) is 61.7 Å². The van der Waals surface area contributed by atoms with Gasteiger partial charge in [-0.2, -0.15) is 0 Å². The lowest BCUT2D eigenvalue weighted by atomic mass is 10.1. The van der Waals surface area contributed by atoms with Crippen LogP contribution in [0.15, 0.2) is 42.5 Å². The number of nitrogens with one attached hydrogen (secondary N) is 1. The first-order valence-electron chi connectivity index (χ1n) is 7.65. The zero-order valence-electron chi connectivity index (χ0n) is 12.9. The smallest absolute Gasteiger partial charge is 0.270 e. The van der Waals surface area contributed by atoms with Crippen LogP contribution in [0.3, 0.4) is 0 Å². The van der Waals surface area contributed by atoms with Crippen LogP contribution < -0.4 is 10.2 Å². The van der Waals surface area contributed by atoms with Gasteiger partial charge >= 0.3 is 0 Å². The first-order chi connectivity index (χ1) is 11.6. The summed E-state index contributed by atoms with van der Waals surface area (Å²) in [7, 11) is 0. The SMILES string of the molecule is O=C(Nc1ccccc1N1CCCC1)c1cc([N+](=O)[O-])ccc1I. The molecule has 124 valence electrons. The van der Waals surface area contributed by atoms with E-state index in [1.807, 2.05) is 46.9 Å². The molecule has 24 heavy (non-hydrogen) atoms. The van der Waals surface area contributed by atoms with Crippen molar-refractivity contribution in [2.45, 2.75) is 12.8 Å². The molecule has 6 nitrogen and oxygen atoms in total. The number of carbonyl (C=O) groups is 1. The van der Waals surface area contributed by atoms with Gasteiger partial charge in [0.05, 0.1) is 21.9 Å². The number of nitrogens with zero attached hydrogens (tertiary/aromatic N) is 2. The predicted octanol–water partition coefficient (Wildman–Crippen LogP) is 4.05. The second-order valence-electron chi connectivity index (χ2n) is 5.59. The highest BCUT2D eigenvalue weighted by atomic mass is 127. The van der Waals surface area contributed by atoms with E-state index < -0.39 is 4.92 Å². The van der Waals surface area contributed by atoms with Gasteiger partial charge in [-0.05, 0) is 53.6 Å². The first-order valence-corrected chi connectivity index (χ1v) is 8.73. The molecule has 1 aliphatic rings. The van der Waals surface area contributed by atoms with Gasteiger partial charge in [-0.1, -0.05) is 12.1 Å². The average Bonchev–Trinajstić information content (AvgIpc) is 3.09. The molecule has 7 heteroatoms. The van der Waals surface area contributed by atoms with Gasteiger partial charge in [-0.3, -0.25) is 14.9 Å². The Hall–Kier alpha value is -2.16. The molecular formula is C17H16IN3O3. The van der Waals surface area contributed by atoms with Crippen molar-refractivity contribution < 1.29 is 9.72 Å². The third-order valence-corrected chi connectivity index (χ3v) is 4.95. The third-order valence-electron chi connectivity index (χ3n) is 4.00. The summed E-state index contributed by atoms with van der Waals surface area (Å²) in [5, 5.41) is 13.8. The van der Waals surface area contributed by atoms with Gasteiger partial charge in [-0.15, -0.1) is 0 Å². The molecular weight excluding hydrogens is 421 g/mol. The van der Waals surface area contributed by atoms with E-state index in [4.69, 9.17) is 0 Å². The van der Waals surface area contributed by atoms with E-state index in [1.54, 1.807) is 6.07 Å². The van der Waals surface area contributed by atoms with Gasteiger partial charge < -0.3 is 10.2 Å². The topological polar surface area (TPSA) is 75.5 Å². The number of nitro benzene ring substituents is 1. The molecule has 1 heterocycles. The normalized spacial score (nSPS) is 13.8. The van der Waals surface area contributed by atoms with Crippen molar-refractivity contribution in [2.24, 2.45) is 0 Å². The molecule has 0 atom stereocenters. The number of hydrogen-bond donors (Lipinski definition) is 1. The zero-order valence-corrected chi connectivity index (χ0v) is 15.0. The van der Waals surface area contributed by atoms with E-state index in [0.29, 0.717) is 9.13 Å². The van der Waals surface area contributed by atoms with Crippen LogP contribution in [0.4, 0.5) is 17.1 Å². The van der Waals surface area contributed by atoms with Crippen molar-refractivity contribution >= 4 is 45.6 Å². The number of amides is 1. The highest BCUT2D eigenvalue weighted by Crippen LogP contribution is 2.29. The highest BCUT2D eigenvalue weighted by molar-refractivity contribution is 14.1. The van der Waals surface area contributed by atoms with Crippen LogP contribution in [-0.4, -0.2) is 23.9 Å². The molecule has 3 rings (SSSR count). The molecule has 2 aromatic rings. The Morgan fingerprint density at radius 3 is 2.58 bits per heavy atom. The number of anilines is 2. The monoisotopic (exact) mass is 437 g/mol. The summed E-state index contributed by atoms with van der Waals surface area (Å²) in [6.45, 7) is 1.95. The fraction of sp³-hybridized carbons (Fsp3) is 0.235. The minimum atomic E-state index is -0.495. The fourth-order valence-electron chi connectivity index (χ4n) is 2.80. The number of halogens is 1. The summed E-state index contributed by atoms with van der Waals surface area (Å²) in [5.41, 5.74) is 1.94. The molecule has 0 radical (unpaired) electrons. The van der Waals surface area contributed by atoms with Crippen LogP contribution in [0, 0.1) is 13.7 Å². The third kappa shape index (κ3) is 3.50. The maximum Gasteiger partial charge on any atom is 0.270 e. The second-order valence-corrected chi connectivity index (χ2v) is 6.75. The Balaban J connectivity index is 1.88. The molecule has 1 fully saturated rings. The van der Waals surface area contributed by atoms with Crippen LogP contribution in [-0.2, 0) is 0 Å². The maximum absolute atomic E-state index is 12.6. The number of non-ortho nitro benzene ring substituents is 1. The minimum Gasteiger partial charge on any atom is -0.370 e. The van der Waals surface area contributed by atoms with E-state index in [9.17, 15) is 14.9 Å². The number of nitro groups is 1. The number of hydrogen-bond acceptors (Lipinski definition) is 4. The quantitative estimate of drug-likeness (QED) is 0.445. The summed E-state index contributed by atoms with van der Waals surface area (Å²) in [5.74, 6) is -0.338. The van der Waals surface area contributed by atoms with Crippen molar-refractivity contribution in [3.63, 3.8) is 0 Å². The molecule has 1 amide bonds. The largest absolute Gasteiger partial charge is 0.370 e. The first kappa shape index (κ1) is 16.7. The van der Waals surface area contributed by atoms with Crippen molar-refractivity contribution in [1.29, 1.82) is 0 Å². The lowest BCUT2D eigenvalue weighted by Crippen LogP contribution is -2.21. The van der Waals surface area contributed by atoms with E-state index in [2.05, 4.69) is 10.2 Å². The summed E-state index contributed by atoms with van der Waals surface area (Å²) in [6, 6.07) is 12.0. The van der Waals surface area contributed by atoms with E-state index in [0.717, 1.165) is 37.3 Å². The summed E-state index contributed by atoms with van der Waals surface area (Å²) < 4.78 is 0.675. The van der Waals surface area contributed by atoms with Gasteiger partial charge in [0.1, 0.15) is 0 Å². The van der Waals surface area contributed by atoms with Crippen LogP contribution >= 0.6 is 22.6 Å². The lowest BCUT2D eigenvalue weighted by Gasteiger charge is -2.21. The van der Waals surface area contributed by atoms with E-state index >= 15 is 0 Å². The fourth-order valence-corrected chi connectivity index (χ4v) is 3.38. The molecule has 2 aromatic carbocycles. The standard InChI is InChI=1S/C17H16IN3O3/c18-14-8-7-12(21(23)24)11-13(14)17(22)19-15-5-1-2-6-16(15)20-9-3-4-10-20/h1-2,5-8,11H,3-4,9-10H2,(H,19,22). The summed E-state index contributed by atoms with van der Waals surface area (Å²) in [4.78, 5) is 25.3. The number of rotatable bonds is 4. The van der Waals surface area contributed by atoms with Gasteiger partial charge in [0, 0.05) is 28.8 Å². The van der Waals surface area contributed by atoms with Crippen LogP contribution in [0.1, 0.15) is 23.2 Å². The van der Waals surface area contributed by atoms with Crippen molar-refractivity contribution in [2.75, 3.05) is 23.3 Å². The molecule has 0 bridgehead atoms. The van der Waals surface area contributed by atoms with Crippen LogP contribution in [0.5, 0.6) is 0 Å². The second kappa shape index (κ2) is 7.16. The molecule has 1 saturated heterocycles.